The van der Waals surface area contributed by atoms with Crippen molar-refractivity contribution in [2.24, 2.45) is 0 Å². The molecule has 5 aromatic rings. The first-order valence-corrected chi connectivity index (χ1v) is 11.8. The van der Waals surface area contributed by atoms with Crippen LogP contribution in [0.15, 0.2) is 84.0 Å². The van der Waals surface area contributed by atoms with Crippen LogP contribution < -0.4 is 4.57 Å². The van der Waals surface area contributed by atoms with Gasteiger partial charge in [-0.15, -0.1) is 0 Å². The van der Waals surface area contributed by atoms with Crippen molar-refractivity contribution in [2.75, 3.05) is 0 Å². The molecule has 2 heterocycles. The highest BCUT2D eigenvalue weighted by atomic mass is 32.2. The molecule has 0 atom stereocenters. The van der Waals surface area contributed by atoms with Gasteiger partial charge >= 0.3 is 0 Å². The smallest absolute Gasteiger partial charge is 0.270 e. The lowest BCUT2D eigenvalue weighted by molar-refractivity contribution is -0.668. The van der Waals surface area contributed by atoms with Crippen LogP contribution in [0.25, 0.3) is 32.6 Å². The summed E-state index contributed by atoms with van der Waals surface area (Å²) in [6.07, 6.45) is 1.82. The van der Waals surface area contributed by atoms with Gasteiger partial charge in [0.1, 0.15) is 0 Å². The van der Waals surface area contributed by atoms with E-state index in [-0.39, 0.29) is 22.2 Å². The number of rotatable bonds is 6. The van der Waals surface area contributed by atoms with Gasteiger partial charge in [-0.3, -0.25) is 10.1 Å². The second kappa shape index (κ2) is 8.19. The van der Waals surface area contributed by atoms with Gasteiger partial charge < -0.3 is 9.71 Å². The number of nitro benzene ring substituents is 1. The van der Waals surface area contributed by atoms with Crippen LogP contribution in [0.5, 0.6) is 0 Å². The lowest BCUT2D eigenvalue weighted by atomic mass is 10.3. The van der Waals surface area contributed by atoms with Crippen LogP contribution in [0.2, 0.25) is 0 Å². The standard InChI is InChI=1S/C23H18N6O4S/c1-2-27-15-28(21-13-6-5-12-20(21)27)23-22(24-18-10-3-4-11-19(18)25-23)26-34(32,33)17-9-7-8-16(14-17)29(30)31/h3-15H,2H2,1H3. The lowest BCUT2D eigenvalue weighted by Gasteiger charge is -2.18. The average Bonchev–Trinajstić information content (AvgIpc) is 3.22. The minimum atomic E-state index is -4.32. The molecule has 0 aliphatic carbocycles. The van der Waals surface area contributed by atoms with E-state index in [1.807, 2.05) is 48.1 Å². The van der Waals surface area contributed by atoms with Gasteiger partial charge in [0.15, 0.2) is 11.0 Å². The molecule has 34 heavy (non-hydrogen) atoms. The second-order valence-corrected chi connectivity index (χ2v) is 9.04. The lowest BCUT2D eigenvalue weighted by Crippen LogP contribution is -2.30. The Morgan fingerprint density at radius 1 is 1.00 bits per heavy atom. The molecule has 0 spiro atoms. The number of sulfonamides is 1. The molecule has 0 unspecified atom stereocenters. The summed E-state index contributed by atoms with van der Waals surface area (Å²) in [5.74, 6) is 0.116. The zero-order valence-electron chi connectivity index (χ0n) is 17.9. The first-order valence-electron chi connectivity index (χ1n) is 10.4. The third kappa shape index (κ3) is 3.71. The van der Waals surface area contributed by atoms with Gasteiger partial charge in [-0.05, 0) is 36.7 Å². The maximum Gasteiger partial charge on any atom is 0.270 e. The first kappa shape index (κ1) is 21.5. The summed E-state index contributed by atoms with van der Waals surface area (Å²) in [5, 5.41) is 11.1. The number of nitro groups is 1. The third-order valence-electron chi connectivity index (χ3n) is 5.34. The largest absolute Gasteiger partial charge is 0.429 e. The van der Waals surface area contributed by atoms with E-state index in [9.17, 15) is 18.5 Å². The van der Waals surface area contributed by atoms with Gasteiger partial charge in [-0.1, -0.05) is 36.4 Å². The normalized spacial score (nSPS) is 11.7. The molecular formula is C23H18N6O4S. The summed E-state index contributed by atoms with van der Waals surface area (Å²) in [6, 6.07) is 19.5. The Morgan fingerprint density at radius 2 is 1.71 bits per heavy atom. The number of benzene rings is 3. The van der Waals surface area contributed by atoms with E-state index >= 15 is 0 Å². The number of imidazole rings is 1. The maximum absolute atomic E-state index is 13.1. The topological polar surface area (TPSA) is 126 Å². The molecule has 11 heteroatoms. The van der Waals surface area contributed by atoms with E-state index in [4.69, 9.17) is 0 Å². The Labute approximate surface area is 194 Å². The molecule has 0 aliphatic heterocycles. The molecule has 3 aromatic carbocycles. The highest BCUT2D eigenvalue weighted by molar-refractivity contribution is 7.94. The van der Waals surface area contributed by atoms with Gasteiger partial charge in [-0.25, -0.2) is 18.0 Å². The monoisotopic (exact) mass is 474 g/mol. The van der Waals surface area contributed by atoms with Crippen LogP contribution in [-0.4, -0.2) is 27.9 Å². The fourth-order valence-electron chi connectivity index (χ4n) is 3.72. The van der Waals surface area contributed by atoms with E-state index in [0.29, 0.717) is 17.6 Å². The van der Waals surface area contributed by atoms with Crippen molar-refractivity contribution in [2.45, 2.75) is 18.4 Å². The summed E-state index contributed by atoms with van der Waals surface area (Å²) in [4.78, 5) is 19.3. The van der Waals surface area contributed by atoms with E-state index in [1.165, 1.54) is 18.2 Å². The average molecular weight is 475 g/mol. The second-order valence-electron chi connectivity index (χ2n) is 7.44. The van der Waals surface area contributed by atoms with Crippen molar-refractivity contribution in [1.29, 1.82) is 0 Å². The molecule has 0 saturated heterocycles. The number of hydrogen-bond acceptors (Lipinski definition) is 6. The van der Waals surface area contributed by atoms with Crippen molar-refractivity contribution in [3.8, 4) is 5.82 Å². The molecule has 0 N–H and O–H groups in total. The van der Waals surface area contributed by atoms with Crippen LogP contribution in [0.3, 0.4) is 0 Å². The fourth-order valence-corrected chi connectivity index (χ4v) is 4.70. The number of hydrogen-bond donors (Lipinski definition) is 0. The fraction of sp³-hybridized carbons (Fsp3) is 0.0870. The van der Waals surface area contributed by atoms with Gasteiger partial charge in [0.2, 0.25) is 15.8 Å². The van der Waals surface area contributed by atoms with E-state index < -0.39 is 14.9 Å². The van der Waals surface area contributed by atoms with Crippen LogP contribution >= 0.6 is 0 Å². The zero-order chi connectivity index (χ0) is 23.9. The molecule has 10 nitrogen and oxygen atoms in total. The summed E-state index contributed by atoms with van der Waals surface area (Å²) in [6.45, 7) is 2.69. The molecule has 0 radical (unpaired) electrons. The molecule has 2 aromatic heterocycles. The van der Waals surface area contributed by atoms with Crippen molar-refractivity contribution >= 4 is 43.6 Å². The van der Waals surface area contributed by atoms with Gasteiger partial charge in [-0.2, -0.15) is 4.57 Å². The molecule has 0 fully saturated rings. The summed E-state index contributed by atoms with van der Waals surface area (Å²) in [5.41, 5.74) is 2.44. The predicted molar refractivity (Wildman–Crippen MR) is 126 cm³/mol. The number of nitrogens with zero attached hydrogens (tertiary/aromatic N) is 6. The van der Waals surface area contributed by atoms with Gasteiger partial charge in [0.05, 0.1) is 21.9 Å². The first-order chi connectivity index (χ1) is 16.4. The van der Waals surface area contributed by atoms with Crippen molar-refractivity contribution in [3.63, 3.8) is 0 Å². The molecule has 0 aliphatic rings. The van der Waals surface area contributed by atoms with Crippen LogP contribution in [0, 0.1) is 10.1 Å². The minimum absolute atomic E-state index is 0.116. The minimum Gasteiger partial charge on any atom is -0.429 e. The quantitative estimate of drug-likeness (QED) is 0.206. The number of non-ortho nitro benzene ring substituents is 1. The molecule has 0 amide bonds. The Morgan fingerprint density at radius 3 is 2.44 bits per heavy atom. The molecular weight excluding hydrogens is 456 g/mol. The number of para-hydroxylation sites is 4. The van der Waals surface area contributed by atoms with Crippen molar-refractivity contribution < 1.29 is 17.9 Å². The summed E-state index contributed by atoms with van der Waals surface area (Å²) >= 11 is 0. The molecule has 0 saturated carbocycles. The van der Waals surface area contributed by atoms with Crippen LogP contribution in [0.4, 0.5) is 11.5 Å². The SMILES string of the molecule is CC[n+]1cn(-c2nc3ccccc3nc2[N-]S(=O)(=O)c2cccc([N+](=O)[O-])c2)c2ccccc21. The van der Waals surface area contributed by atoms with Gasteiger partial charge in [0, 0.05) is 18.0 Å². The number of fused-ring (bicyclic) bond motifs is 2. The van der Waals surface area contributed by atoms with Crippen LogP contribution in [-0.2, 0) is 16.6 Å². The molecule has 0 bridgehead atoms. The number of aryl methyl sites for hydroxylation is 1. The van der Waals surface area contributed by atoms with Crippen molar-refractivity contribution in [1.82, 2.24) is 14.5 Å². The Kier molecular flexibility index (Phi) is 5.17. The van der Waals surface area contributed by atoms with Gasteiger partial charge in [0.25, 0.3) is 12.0 Å². The highest BCUT2D eigenvalue weighted by Crippen LogP contribution is 2.34. The predicted octanol–water partition coefficient (Wildman–Crippen LogP) is 4.18. The highest BCUT2D eigenvalue weighted by Gasteiger charge is 2.21. The Balaban J connectivity index is 1.71. The summed E-state index contributed by atoms with van der Waals surface area (Å²) in [7, 11) is -4.32. The van der Waals surface area contributed by atoms with E-state index in [0.717, 1.165) is 17.1 Å². The van der Waals surface area contributed by atoms with Crippen LogP contribution in [0.1, 0.15) is 6.92 Å². The molecule has 170 valence electrons. The number of aromatic nitrogens is 4. The zero-order valence-corrected chi connectivity index (χ0v) is 18.8. The Bertz CT molecular complexity index is 1680. The Hall–Kier alpha value is -4.38. The van der Waals surface area contributed by atoms with E-state index in [2.05, 4.69) is 14.7 Å². The summed E-state index contributed by atoms with van der Waals surface area (Å²) < 4.78 is 34.0. The van der Waals surface area contributed by atoms with E-state index in [1.54, 1.807) is 22.8 Å². The molecule has 5 rings (SSSR count). The maximum atomic E-state index is 13.1. The van der Waals surface area contributed by atoms with Crippen molar-refractivity contribution in [3.05, 3.63) is 94.0 Å². The third-order valence-corrected chi connectivity index (χ3v) is 6.60.